The maximum atomic E-state index is 15.8. The Morgan fingerprint density at radius 3 is 2.62 bits per heavy atom. The number of halogens is 1. The predicted octanol–water partition coefficient (Wildman–Crippen LogP) is 5.83. The van der Waals surface area contributed by atoms with Crippen molar-refractivity contribution in [2.75, 3.05) is 11.9 Å². The first kappa shape index (κ1) is 31.0. The van der Waals surface area contributed by atoms with Crippen LogP contribution in [-0.4, -0.2) is 32.8 Å². The monoisotopic (exact) mass is 595 g/mol. The average molecular weight is 596 g/mol. The first-order chi connectivity index (χ1) is 20.0. The van der Waals surface area contributed by atoms with Gasteiger partial charge in [0.25, 0.3) is 0 Å². The van der Waals surface area contributed by atoms with E-state index in [0.29, 0.717) is 28.1 Å². The summed E-state index contributed by atoms with van der Waals surface area (Å²) >= 11 is -1.39. The van der Waals surface area contributed by atoms with Gasteiger partial charge in [0, 0.05) is 58.3 Å². The van der Waals surface area contributed by atoms with E-state index in [0.717, 1.165) is 10.9 Å². The number of rotatable bonds is 11. The number of nitrogens with one attached hydrogen (secondary N) is 2. The molecule has 0 fully saturated rings. The summed E-state index contributed by atoms with van der Waals surface area (Å²) in [6.45, 7) is 8.94. The van der Waals surface area contributed by atoms with Crippen molar-refractivity contribution in [1.29, 1.82) is 0 Å². The lowest BCUT2D eigenvalue weighted by molar-refractivity contribution is -0.142. The number of hydrogen-bond acceptors (Lipinski definition) is 8. The third kappa shape index (κ3) is 7.67. The van der Waals surface area contributed by atoms with Gasteiger partial charge in [-0.05, 0) is 63.6 Å². The first-order valence-electron chi connectivity index (χ1n) is 13.4. The number of aromatic nitrogens is 1. The molecule has 11 heteroatoms. The fourth-order valence-electron chi connectivity index (χ4n) is 4.24. The van der Waals surface area contributed by atoms with Gasteiger partial charge in [-0.1, -0.05) is 6.07 Å². The van der Waals surface area contributed by atoms with E-state index in [1.165, 1.54) is 19.4 Å². The van der Waals surface area contributed by atoms with Crippen LogP contribution in [0.25, 0.3) is 22.1 Å². The van der Waals surface area contributed by atoms with E-state index in [-0.39, 0.29) is 43.3 Å². The molecule has 1 amide bonds. The fourth-order valence-corrected chi connectivity index (χ4v) is 4.94. The second-order valence-electron chi connectivity index (χ2n) is 10.6. The van der Waals surface area contributed by atoms with E-state index in [4.69, 9.17) is 13.9 Å². The van der Waals surface area contributed by atoms with Gasteiger partial charge in [-0.15, -0.1) is 4.72 Å². The number of esters is 1. The van der Waals surface area contributed by atoms with Gasteiger partial charge in [0.1, 0.15) is 22.7 Å². The van der Waals surface area contributed by atoms with Crippen molar-refractivity contribution >= 4 is 39.9 Å². The summed E-state index contributed by atoms with van der Waals surface area (Å²) in [6, 6.07) is 12.0. The van der Waals surface area contributed by atoms with Gasteiger partial charge in [0.15, 0.2) is 5.82 Å². The molecule has 0 saturated heterocycles. The van der Waals surface area contributed by atoms with Gasteiger partial charge < -0.3 is 23.8 Å². The molecule has 42 heavy (non-hydrogen) atoms. The SMILES string of the molecule is CCOC(=O)Cc1ccc(NC(C)=O)cc1OCc1cc(-c2ccnc(CN[S@@+]([O-])C(C)(C)C)c2F)c2occc2c1. The number of pyridine rings is 1. The third-order valence-electron chi connectivity index (χ3n) is 6.21. The van der Waals surface area contributed by atoms with Crippen molar-refractivity contribution < 1.29 is 32.4 Å². The standard InChI is InChI=1S/C31H34FN3O6S/c1-6-39-28(37)15-21-7-8-23(35-19(2)36)16-27(21)41-18-20-13-22-10-12-40-30(22)25(14-20)24-9-11-33-26(29(24)32)17-34-42(38)31(3,4)5/h7-14,16,34H,6,15,17-18H2,1-5H3,(H,35,36)/t42-/m0/s1. The van der Waals surface area contributed by atoms with Crippen molar-refractivity contribution in [2.45, 2.75) is 58.9 Å². The van der Waals surface area contributed by atoms with Crippen LogP contribution in [0.15, 0.2) is 59.3 Å². The highest BCUT2D eigenvalue weighted by Gasteiger charge is 2.27. The third-order valence-corrected chi connectivity index (χ3v) is 7.73. The smallest absolute Gasteiger partial charge is 0.310 e. The summed E-state index contributed by atoms with van der Waals surface area (Å²) in [7, 11) is 0. The number of nitrogens with zero attached hydrogens (tertiary/aromatic N) is 1. The Hall–Kier alpha value is -3.93. The quantitative estimate of drug-likeness (QED) is 0.164. The number of ether oxygens (including phenoxy) is 2. The zero-order valence-electron chi connectivity index (χ0n) is 24.2. The zero-order chi connectivity index (χ0) is 30.4. The molecule has 4 aromatic rings. The van der Waals surface area contributed by atoms with E-state index < -0.39 is 27.9 Å². The maximum Gasteiger partial charge on any atom is 0.310 e. The highest BCUT2D eigenvalue weighted by Crippen LogP contribution is 2.34. The minimum Gasteiger partial charge on any atom is -0.598 e. The Kier molecular flexibility index (Phi) is 9.87. The molecule has 0 radical (unpaired) electrons. The summed E-state index contributed by atoms with van der Waals surface area (Å²) in [6.07, 6.45) is 3.03. The van der Waals surface area contributed by atoms with Crippen LogP contribution in [0.1, 0.15) is 51.4 Å². The van der Waals surface area contributed by atoms with Crippen molar-refractivity contribution in [1.82, 2.24) is 9.71 Å². The van der Waals surface area contributed by atoms with Crippen molar-refractivity contribution in [3.8, 4) is 16.9 Å². The van der Waals surface area contributed by atoms with Gasteiger partial charge in [-0.25, -0.2) is 4.39 Å². The van der Waals surface area contributed by atoms with Crippen molar-refractivity contribution in [2.24, 2.45) is 0 Å². The fraction of sp³-hybridized carbons (Fsp3) is 0.323. The lowest BCUT2D eigenvalue weighted by Gasteiger charge is -2.23. The van der Waals surface area contributed by atoms with E-state index in [1.54, 1.807) is 43.3 Å². The van der Waals surface area contributed by atoms with Gasteiger partial charge in [-0.2, -0.15) is 0 Å². The molecule has 2 N–H and O–H groups in total. The molecule has 0 unspecified atom stereocenters. The summed E-state index contributed by atoms with van der Waals surface area (Å²) in [5, 5.41) is 3.46. The largest absolute Gasteiger partial charge is 0.598 e. The maximum absolute atomic E-state index is 15.8. The first-order valence-corrected chi connectivity index (χ1v) is 14.6. The van der Waals surface area contributed by atoms with Gasteiger partial charge >= 0.3 is 5.97 Å². The molecule has 9 nitrogen and oxygen atoms in total. The Bertz CT molecular complexity index is 1580. The summed E-state index contributed by atoms with van der Waals surface area (Å²) in [5.41, 5.74) is 3.24. The highest BCUT2D eigenvalue weighted by atomic mass is 32.2. The van der Waals surface area contributed by atoms with Gasteiger partial charge in [0.05, 0.1) is 31.5 Å². The topological polar surface area (TPSA) is 126 Å². The molecule has 0 aliphatic rings. The number of fused-ring (bicyclic) bond motifs is 1. The van der Waals surface area contributed by atoms with E-state index in [1.807, 2.05) is 26.8 Å². The molecule has 0 aliphatic carbocycles. The molecule has 1 atom stereocenters. The Balaban J connectivity index is 1.64. The number of amides is 1. The zero-order valence-corrected chi connectivity index (χ0v) is 25.0. The predicted molar refractivity (Wildman–Crippen MR) is 160 cm³/mol. The second kappa shape index (κ2) is 13.4. The van der Waals surface area contributed by atoms with Crippen LogP contribution in [0.4, 0.5) is 10.1 Å². The van der Waals surface area contributed by atoms with Crippen LogP contribution in [0.2, 0.25) is 0 Å². The van der Waals surface area contributed by atoms with Crippen LogP contribution in [0.5, 0.6) is 5.75 Å². The van der Waals surface area contributed by atoms with Crippen LogP contribution in [-0.2, 0) is 45.3 Å². The van der Waals surface area contributed by atoms with Gasteiger partial charge in [-0.3, -0.25) is 14.6 Å². The molecule has 222 valence electrons. The van der Waals surface area contributed by atoms with E-state index in [9.17, 15) is 14.1 Å². The number of benzene rings is 2. The molecule has 4 rings (SSSR count). The average Bonchev–Trinajstić information content (AvgIpc) is 3.40. The van der Waals surface area contributed by atoms with Crippen LogP contribution in [0.3, 0.4) is 0 Å². The lowest BCUT2D eigenvalue weighted by atomic mass is 10.00. The van der Waals surface area contributed by atoms with Crippen molar-refractivity contribution in [3.05, 3.63) is 77.6 Å². The molecule has 0 bridgehead atoms. The molecule has 2 aromatic carbocycles. The number of hydrogen-bond donors (Lipinski definition) is 2. The molecule has 2 aromatic heterocycles. The minimum atomic E-state index is -1.39. The Morgan fingerprint density at radius 2 is 1.90 bits per heavy atom. The van der Waals surface area contributed by atoms with E-state index >= 15 is 4.39 Å². The molecular formula is C31H34FN3O6S. The van der Waals surface area contributed by atoms with Crippen LogP contribution < -0.4 is 14.8 Å². The number of anilines is 1. The minimum absolute atomic E-state index is 0.00538. The number of carbonyl (C=O) groups excluding carboxylic acids is 2. The summed E-state index contributed by atoms with van der Waals surface area (Å²) in [5.74, 6) is -0.792. The second-order valence-corrected chi connectivity index (χ2v) is 12.6. The van der Waals surface area contributed by atoms with Crippen LogP contribution in [0, 0.1) is 5.82 Å². The Morgan fingerprint density at radius 1 is 1.12 bits per heavy atom. The Labute approximate surface area is 247 Å². The molecule has 2 heterocycles. The number of furan rings is 1. The molecule has 0 spiro atoms. The van der Waals surface area contributed by atoms with Gasteiger partial charge in [0.2, 0.25) is 5.91 Å². The normalized spacial score (nSPS) is 12.3. The molecule has 0 aliphatic heterocycles. The molecule has 0 saturated carbocycles. The molecular weight excluding hydrogens is 561 g/mol. The van der Waals surface area contributed by atoms with Crippen LogP contribution >= 0.6 is 0 Å². The summed E-state index contributed by atoms with van der Waals surface area (Å²) < 4.78 is 47.5. The summed E-state index contributed by atoms with van der Waals surface area (Å²) in [4.78, 5) is 28.0. The number of carbonyl (C=O) groups is 2. The van der Waals surface area contributed by atoms with E-state index in [2.05, 4.69) is 15.0 Å². The highest BCUT2D eigenvalue weighted by molar-refractivity contribution is 7.90. The lowest BCUT2D eigenvalue weighted by Crippen LogP contribution is -2.39. The van der Waals surface area contributed by atoms with Crippen molar-refractivity contribution in [3.63, 3.8) is 0 Å².